The Bertz CT molecular complexity index is 1020. The summed E-state index contributed by atoms with van der Waals surface area (Å²) in [5.41, 5.74) is 8.15. The van der Waals surface area contributed by atoms with Gasteiger partial charge < -0.3 is 10.4 Å². The highest BCUT2D eigenvalue weighted by molar-refractivity contribution is 5.86. The van der Waals surface area contributed by atoms with Crippen molar-refractivity contribution in [1.29, 1.82) is 0 Å². The maximum atomic E-state index is 12.2. The number of hydrogen-bond acceptors (Lipinski definition) is 4. The molecule has 32 heavy (non-hydrogen) atoms. The van der Waals surface area contributed by atoms with E-state index in [0.717, 1.165) is 23.4 Å². The Balaban J connectivity index is 1.22. The lowest BCUT2D eigenvalue weighted by atomic mass is 9.48. The van der Waals surface area contributed by atoms with Gasteiger partial charge in [-0.2, -0.15) is 5.10 Å². The van der Waals surface area contributed by atoms with Gasteiger partial charge >= 0.3 is 0 Å². The van der Waals surface area contributed by atoms with Gasteiger partial charge in [0.15, 0.2) is 0 Å². The molecule has 0 unspecified atom stereocenters. The molecule has 1 amide bonds. The summed E-state index contributed by atoms with van der Waals surface area (Å²) >= 11 is 0. The van der Waals surface area contributed by atoms with E-state index >= 15 is 0 Å². The molecule has 0 spiro atoms. The third kappa shape index (κ3) is 4.13. The highest BCUT2D eigenvalue weighted by Crippen LogP contribution is 2.60. The first-order valence-corrected chi connectivity index (χ1v) is 11.9. The predicted octanol–water partition coefficient (Wildman–Crippen LogP) is 5.04. The summed E-state index contributed by atoms with van der Waals surface area (Å²) in [6, 6.07) is 12.0. The molecule has 0 atom stereocenters. The van der Waals surface area contributed by atoms with Gasteiger partial charge in [0.25, 0.3) is 5.91 Å². The van der Waals surface area contributed by atoms with Crippen LogP contribution >= 0.6 is 0 Å². The topological polar surface area (TPSA) is 73.7 Å². The van der Waals surface area contributed by atoms with E-state index < -0.39 is 0 Å². The van der Waals surface area contributed by atoms with Crippen LogP contribution in [0.3, 0.4) is 0 Å². The number of carbonyl (C=O) groups is 1. The molecule has 4 saturated carbocycles. The molecule has 3 N–H and O–H groups in total. The number of aromatic hydroxyl groups is 1. The molecular weight excluding hydrogens is 398 g/mol. The summed E-state index contributed by atoms with van der Waals surface area (Å²) in [4.78, 5) is 12.2. The average molecular weight is 432 g/mol. The van der Waals surface area contributed by atoms with Crippen LogP contribution in [0.2, 0.25) is 0 Å². The van der Waals surface area contributed by atoms with Crippen molar-refractivity contribution in [3.8, 4) is 5.75 Å². The fourth-order valence-electron chi connectivity index (χ4n) is 6.70. The van der Waals surface area contributed by atoms with Gasteiger partial charge in [0, 0.05) is 11.3 Å². The van der Waals surface area contributed by atoms with Crippen LogP contribution in [0.4, 0.5) is 5.69 Å². The Hall–Kier alpha value is -2.82. The molecule has 0 aliphatic heterocycles. The van der Waals surface area contributed by atoms with Crippen molar-refractivity contribution in [3.05, 3.63) is 58.7 Å². The monoisotopic (exact) mass is 431 g/mol. The lowest BCUT2D eigenvalue weighted by molar-refractivity contribution is -0.119. The van der Waals surface area contributed by atoms with E-state index in [1.807, 2.05) is 18.2 Å². The van der Waals surface area contributed by atoms with Gasteiger partial charge in [0.1, 0.15) is 5.75 Å². The van der Waals surface area contributed by atoms with E-state index in [1.54, 1.807) is 12.3 Å². The number of anilines is 1. The van der Waals surface area contributed by atoms with Gasteiger partial charge in [0.05, 0.1) is 12.8 Å². The number of phenols is 1. The molecule has 0 radical (unpaired) electrons. The number of rotatable bonds is 6. The number of amides is 1. The van der Waals surface area contributed by atoms with Gasteiger partial charge in [-0.15, -0.1) is 0 Å². The predicted molar refractivity (Wildman–Crippen MR) is 128 cm³/mol. The molecular formula is C27H33N3O2. The Morgan fingerprint density at radius 1 is 1.03 bits per heavy atom. The maximum Gasteiger partial charge on any atom is 0.259 e. The molecule has 2 aromatic rings. The second-order valence-corrected chi connectivity index (χ2v) is 10.4. The fourth-order valence-corrected chi connectivity index (χ4v) is 6.70. The number of nitrogens with one attached hydrogen (secondary N) is 2. The molecule has 2 aromatic carbocycles. The van der Waals surface area contributed by atoms with Crippen LogP contribution in [0.25, 0.3) is 0 Å². The number of hydrogen-bond donors (Lipinski definition) is 3. The molecule has 5 heteroatoms. The maximum absolute atomic E-state index is 12.2. The fraction of sp³-hybridized carbons (Fsp3) is 0.481. The summed E-state index contributed by atoms with van der Waals surface area (Å²) in [5, 5.41) is 17.6. The Morgan fingerprint density at radius 3 is 2.38 bits per heavy atom. The number of benzene rings is 2. The van der Waals surface area contributed by atoms with Crippen molar-refractivity contribution in [2.45, 2.75) is 57.8 Å². The highest BCUT2D eigenvalue weighted by atomic mass is 16.3. The summed E-state index contributed by atoms with van der Waals surface area (Å²) in [6.45, 7) is 4.25. The van der Waals surface area contributed by atoms with Crippen LogP contribution in [-0.2, 0) is 10.2 Å². The molecule has 6 rings (SSSR count). The van der Waals surface area contributed by atoms with Gasteiger partial charge in [0.2, 0.25) is 0 Å². The molecule has 4 bridgehead atoms. The largest absolute Gasteiger partial charge is 0.507 e. The molecule has 0 heterocycles. The first-order chi connectivity index (χ1) is 15.4. The number of aryl methyl sites for hydroxylation is 2. The van der Waals surface area contributed by atoms with E-state index in [-0.39, 0.29) is 23.6 Å². The first-order valence-electron chi connectivity index (χ1n) is 11.9. The lowest BCUT2D eigenvalue weighted by Crippen LogP contribution is -2.48. The van der Waals surface area contributed by atoms with Gasteiger partial charge in [-0.1, -0.05) is 12.1 Å². The zero-order valence-electron chi connectivity index (χ0n) is 19.0. The summed E-state index contributed by atoms with van der Waals surface area (Å²) in [7, 11) is 0. The third-order valence-electron chi connectivity index (χ3n) is 8.03. The van der Waals surface area contributed by atoms with E-state index in [9.17, 15) is 9.90 Å². The zero-order valence-corrected chi connectivity index (χ0v) is 19.0. The SMILES string of the molecule is Cc1ccc(NCC(=O)N/N=C\c2cc(C34CC5CC(CC(C5)C3)C4)ccc2O)cc1C. The Morgan fingerprint density at radius 2 is 1.72 bits per heavy atom. The van der Waals surface area contributed by atoms with Crippen LogP contribution in [0.5, 0.6) is 5.75 Å². The van der Waals surface area contributed by atoms with Crippen molar-refractivity contribution < 1.29 is 9.90 Å². The highest BCUT2D eigenvalue weighted by Gasteiger charge is 2.51. The molecule has 5 nitrogen and oxygen atoms in total. The van der Waals surface area contributed by atoms with E-state index in [1.165, 1.54) is 55.2 Å². The Labute approximate surface area is 190 Å². The van der Waals surface area contributed by atoms with Gasteiger partial charge in [-0.25, -0.2) is 5.43 Å². The second kappa shape index (κ2) is 8.27. The Kier molecular flexibility index (Phi) is 5.44. The van der Waals surface area contributed by atoms with Gasteiger partial charge in [-0.05, 0) is 116 Å². The van der Waals surface area contributed by atoms with Crippen molar-refractivity contribution in [2.75, 3.05) is 11.9 Å². The minimum atomic E-state index is -0.226. The minimum Gasteiger partial charge on any atom is -0.507 e. The average Bonchev–Trinajstić information content (AvgIpc) is 2.75. The normalized spacial score (nSPS) is 28.2. The molecule has 4 aliphatic rings. The number of phenolic OH excluding ortho intramolecular Hbond substituents is 1. The molecule has 168 valence electrons. The van der Waals surface area contributed by atoms with E-state index in [4.69, 9.17) is 0 Å². The van der Waals surface area contributed by atoms with Crippen molar-refractivity contribution in [2.24, 2.45) is 22.9 Å². The van der Waals surface area contributed by atoms with Gasteiger partial charge in [-0.3, -0.25) is 4.79 Å². The van der Waals surface area contributed by atoms with Crippen LogP contribution < -0.4 is 10.7 Å². The van der Waals surface area contributed by atoms with Crippen molar-refractivity contribution >= 4 is 17.8 Å². The minimum absolute atomic E-state index is 0.138. The summed E-state index contributed by atoms with van der Waals surface area (Å²) in [5.74, 6) is 2.59. The third-order valence-corrected chi connectivity index (χ3v) is 8.03. The van der Waals surface area contributed by atoms with Crippen LogP contribution in [0, 0.1) is 31.6 Å². The summed E-state index contributed by atoms with van der Waals surface area (Å²) in [6.07, 6.45) is 9.63. The molecule has 4 aliphatic carbocycles. The molecule has 0 saturated heterocycles. The van der Waals surface area contributed by atoms with Crippen molar-refractivity contribution in [1.82, 2.24) is 5.43 Å². The zero-order chi connectivity index (χ0) is 22.3. The van der Waals surface area contributed by atoms with E-state index in [0.29, 0.717) is 5.56 Å². The quantitative estimate of drug-likeness (QED) is 0.443. The summed E-state index contributed by atoms with van der Waals surface area (Å²) < 4.78 is 0. The lowest BCUT2D eigenvalue weighted by Gasteiger charge is -2.57. The number of hydrazone groups is 1. The smallest absolute Gasteiger partial charge is 0.259 e. The van der Waals surface area contributed by atoms with E-state index in [2.05, 4.69) is 41.8 Å². The number of carbonyl (C=O) groups excluding carboxylic acids is 1. The van der Waals surface area contributed by atoms with Crippen molar-refractivity contribution in [3.63, 3.8) is 0 Å². The van der Waals surface area contributed by atoms with Crippen LogP contribution in [-0.4, -0.2) is 23.8 Å². The molecule has 0 aromatic heterocycles. The second-order valence-electron chi connectivity index (χ2n) is 10.4. The first kappa shape index (κ1) is 21.0. The van der Waals surface area contributed by atoms with Crippen LogP contribution in [0.15, 0.2) is 41.5 Å². The standard InChI is InChI=1S/C27H33N3O2/c1-17-3-5-24(7-18(17)2)28-16-26(32)30-29-15-22-11-23(4-6-25(22)31)27-12-19-8-20(13-27)10-21(9-19)14-27/h3-7,11,15,19-21,28,31H,8-10,12-14,16H2,1-2H3,(H,30,32)/b29-15-. The van der Waals surface area contributed by atoms with Crippen LogP contribution in [0.1, 0.15) is 60.8 Å². The number of nitrogens with zero attached hydrogens (tertiary/aromatic N) is 1. The molecule has 4 fully saturated rings.